The molecule has 1 unspecified atom stereocenters. The van der Waals surface area contributed by atoms with Crippen molar-refractivity contribution < 1.29 is 19.5 Å². The van der Waals surface area contributed by atoms with E-state index in [9.17, 15) is 14.4 Å². The highest BCUT2D eigenvalue weighted by molar-refractivity contribution is 7.14. The molecule has 1 heterocycles. The number of aliphatic imine (C=N–C) groups is 1. The molecule has 2 amide bonds. The molecule has 0 saturated carbocycles. The van der Waals surface area contributed by atoms with Gasteiger partial charge in [-0.1, -0.05) is 88.7 Å². The van der Waals surface area contributed by atoms with E-state index >= 15 is 0 Å². The van der Waals surface area contributed by atoms with Gasteiger partial charge in [-0.05, 0) is 25.0 Å². The first-order valence-electron chi connectivity index (χ1n) is 13.4. The Labute approximate surface area is 224 Å². The number of carboxylic acids is 1. The largest absolute Gasteiger partial charge is 0.478 e. The molecule has 202 valence electrons. The molecule has 2 aromatic rings. The Bertz CT molecular complexity index is 1000. The number of unbranched alkanes of at least 4 members (excludes halogenated alkanes) is 8. The number of hydrogen-bond donors (Lipinski definition) is 2. The third-order valence-electron chi connectivity index (χ3n) is 6.05. The Morgan fingerprint density at radius 3 is 2.27 bits per heavy atom. The van der Waals surface area contributed by atoms with Crippen molar-refractivity contribution in [3.63, 3.8) is 0 Å². The topological polar surface area (TPSA) is 122 Å². The Kier molecular flexibility index (Phi) is 14.3. The van der Waals surface area contributed by atoms with Gasteiger partial charge in [0.2, 0.25) is 11.8 Å². The SMILES string of the molecule is CCCCCCCCC(=O)/N=C/C(Cc1nnc(-c2ccc(C(=O)O)cc2)s1)C(=O)NCCCCCC. The molecule has 37 heavy (non-hydrogen) atoms. The van der Waals surface area contributed by atoms with Gasteiger partial charge in [0.1, 0.15) is 10.0 Å². The molecule has 0 bridgehead atoms. The molecule has 0 spiro atoms. The molecule has 1 atom stereocenters. The number of rotatable bonds is 18. The maximum absolute atomic E-state index is 12.9. The van der Waals surface area contributed by atoms with E-state index in [1.54, 1.807) is 12.1 Å². The predicted molar refractivity (Wildman–Crippen MR) is 148 cm³/mol. The van der Waals surface area contributed by atoms with Gasteiger partial charge in [0.25, 0.3) is 0 Å². The molecule has 0 aliphatic carbocycles. The van der Waals surface area contributed by atoms with Gasteiger partial charge >= 0.3 is 5.97 Å². The van der Waals surface area contributed by atoms with Crippen LogP contribution >= 0.6 is 11.3 Å². The molecule has 8 nitrogen and oxygen atoms in total. The molecule has 0 radical (unpaired) electrons. The normalized spacial score (nSPS) is 12.1. The van der Waals surface area contributed by atoms with Crippen molar-refractivity contribution in [2.75, 3.05) is 6.54 Å². The first-order chi connectivity index (χ1) is 17.9. The van der Waals surface area contributed by atoms with Gasteiger partial charge in [0, 0.05) is 31.2 Å². The van der Waals surface area contributed by atoms with Crippen molar-refractivity contribution in [1.29, 1.82) is 0 Å². The van der Waals surface area contributed by atoms with Crippen molar-refractivity contribution in [3.05, 3.63) is 34.8 Å². The van der Waals surface area contributed by atoms with Crippen molar-refractivity contribution in [1.82, 2.24) is 15.5 Å². The molecular weight excluding hydrogens is 488 g/mol. The maximum Gasteiger partial charge on any atom is 0.335 e. The van der Waals surface area contributed by atoms with Crippen LogP contribution in [-0.4, -0.2) is 45.8 Å². The number of carbonyl (C=O) groups is 3. The summed E-state index contributed by atoms with van der Waals surface area (Å²) in [6, 6.07) is 6.43. The van der Waals surface area contributed by atoms with Crippen LogP contribution in [0.2, 0.25) is 0 Å². The second kappa shape index (κ2) is 17.5. The summed E-state index contributed by atoms with van der Waals surface area (Å²) >= 11 is 1.34. The van der Waals surface area contributed by atoms with E-state index < -0.39 is 11.9 Å². The number of amides is 2. The van der Waals surface area contributed by atoms with Gasteiger partial charge in [-0.2, -0.15) is 0 Å². The van der Waals surface area contributed by atoms with E-state index in [4.69, 9.17) is 5.11 Å². The van der Waals surface area contributed by atoms with Crippen LogP contribution in [0.1, 0.15) is 99.8 Å². The lowest BCUT2D eigenvalue weighted by Crippen LogP contribution is -2.33. The number of aromatic nitrogens is 2. The lowest BCUT2D eigenvalue weighted by atomic mass is 10.1. The molecule has 0 aliphatic rings. The summed E-state index contributed by atoms with van der Waals surface area (Å²) < 4.78 is 0. The predicted octanol–water partition coefficient (Wildman–Crippen LogP) is 6.11. The van der Waals surface area contributed by atoms with Gasteiger partial charge in [0.15, 0.2) is 0 Å². The number of carbonyl (C=O) groups excluding carboxylic acids is 2. The fourth-order valence-corrected chi connectivity index (χ4v) is 4.70. The summed E-state index contributed by atoms with van der Waals surface area (Å²) in [6.45, 7) is 4.91. The van der Waals surface area contributed by atoms with Gasteiger partial charge in [0.05, 0.1) is 11.5 Å². The standard InChI is InChI=1S/C28H40N4O4S/c1-3-5-7-9-10-11-13-24(33)30-20-23(26(34)29-18-12-8-6-4-2)19-25-31-32-27(37-25)21-14-16-22(17-15-21)28(35)36/h14-17,20,23H,3-13,18-19H2,1-2H3,(H,29,34)(H,35,36)/b30-20+. The van der Waals surface area contributed by atoms with E-state index in [0.29, 0.717) is 29.4 Å². The fourth-order valence-electron chi connectivity index (χ4n) is 3.80. The third kappa shape index (κ3) is 11.8. The molecule has 1 aromatic carbocycles. The summed E-state index contributed by atoms with van der Waals surface area (Å²) in [5.41, 5.74) is 0.958. The molecule has 0 saturated heterocycles. The highest BCUT2D eigenvalue weighted by atomic mass is 32.1. The monoisotopic (exact) mass is 528 g/mol. The molecule has 2 rings (SSSR count). The van der Waals surface area contributed by atoms with Gasteiger partial charge in [-0.15, -0.1) is 10.2 Å². The van der Waals surface area contributed by atoms with Crippen LogP contribution in [-0.2, 0) is 16.0 Å². The van der Waals surface area contributed by atoms with Crippen LogP contribution in [0.5, 0.6) is 0 Å². The number of carboxylic acid groups (broad SMARTS) is 1. The first kappa shape index (κ1) is 30.3. The Balaban J connectivity index is 2.00. The van der Waals surface area contributed by atoms with Crippen LogP contribution in [0.3, 0.4) is 0 Å². The summed E-state index contributed by atoms with van der Waals surface area (Å²) in [5.74, 6) is -1.98. The third-order valence-corrected chi connectivity index (χ3v) is 7.04. The summed E-state index contributed by atoms with van der Waals surface area (Å²) in [7, 11) is 0. The fraction of sp³-hybridized carbons (Fsp3) is 0.571. The van der Waals surface area contributed by atoms with E-state index in [2.05, 4.69) is 34.4 Å². The molecule has 1 aromatic heterocycles. The molecular formula is C28H40N4O4S. The van der Waals surface area contributed by atoms with Gasteiger partial charge in [-0.25, -0.2) is 9.79 Å². The number of nitrogens with zero attached hydrogens (tertiary/aromatic N) is 3. The summed E-state index contributed by atoms with van der Waals surface area (Å²) in [4.78, 5) is 40.4. The zero-order valence-corrected chi connectivity index (χ0v) is 22.9. The zero-order valence-electron chi connectivity index (χ0n) is 22.1. The van der Waals surface area contributed by atoms with Gasteiger partial charge < -0.3 is 10.4 Å². The van der Waals surface area contributed by atoms with Crippen molar-refractivity contribution >= 4 is 35.3 Å². The summed E-state index contributed by atoms with van der Waals surface area (Å²) in [5, 5.41) is 21.8. The minimum absolute atomic E-state index is 0.171. The molecule has 0 aliphatic heterocycles. The van der Waals surface area contributed by atoms with Crippen molar-refractivity contribution in [2.24, 2.45) is 10.9 Å². The van der Waals surface area contributed by atoms with Crippen molar-refractivity contribution in [3.8, 4) is 10.6 Å². The van der Waals surface area contributed by atoms with Crippen LogP contribution in [0.4, 0.5) is 0 Å². The smallest absolute Gasteiger partial charge is 0.335 e. The van der Waals surface area contributed by atoms with E-state index in [1.807, 2.05) is 0 Å². The minimum atomic E-state index is -0.988. The number of nitrogens with one attached hydrogen (secondary N) is 1. The summed E-state index contributed by atoms with van der Waals surface area (Å²) in [6.07, 6.45) is 13.0. The van der Waals surface area contributed by atoms with Crippen molar-refractivity contribution in [2.45, 2.75) is 90.9 Å². The number of aromatic carboxylic acids is 1. The van der Waals surface area contributed by atoms with E-state index in [-0.39, 0.29) is 17.4 Å². The zero-order chi connectivity index (χ0) is 26.9. The molecule has 0 fully saturated rings. The Morgan fingerprint density at radius 2 is 1.59 bits per heavy atom. The Hall–Kier alpha value is -2.94. The highest BCUT2D eigenvalue weighted by Crippen LogP contribution is 2.25. The van der Waals surface area contributed by atoms with E-state index in [0.717, 1.165) is 50.5 Å². The van der Waals surface area contributed by atoms with Gasteiger partial charge in [-0.3, -0.25) is 9.59 Å². The average molecular weight is 529 g/mol. The first-order valence-corrected chi connectivity index (χ1v) is 14.3. The second-order valence-corrected chi connectivity index (χ2v) is 10.3. The average Bonchev–Trinajstić information content (AvgIpc) is 3.37. The highest BCUT2D eigenvalue weighted by Gasteiger charge is 2.20. The van der Waals surface area contributed by atoms with Crippen LogP contribution < -0.4 is 5.32 Å². The Morgan fingerprint density at radius 1 is 0.946 bits per heavy atom. The molecule has 2 N–H and O–H groups in total. The van der Waals surface area contributed by atoms with Crippen LogP contribution in [0.25, 0.3) is 10.6 Å². The molecule has 9 heteroatoms. The number of benzene rings is 1. The van der Waals surface area contributed by atoms with E-state index in [1.165, 1.54) is 48.9 Å². The maximum atomic E-state index is 12.9. The second-order valence-electron chi connectivity index (χ2n) is 9.24. The lowest BCUT2D eigenvalue weighted by molar-refractivity contribution is -0.122. The van der Waals surface area contributed by atoms with Crippen LogP contribution in [0, 0.1) is 5.92 Å². The lowest BCUT2D eigenvalue weighted by Gasteiger charge is -2.11. The van der Waals surface area contributed by atoms with Crippen LogP contribution in [0.15, 0.2) is 29.3 Å². The quantitative estimate of drug-likeness (QED) is 0.178. The minimum Gasteiger partial charge on any atom is -0.478 e. The number of hydrogen-bond acceptors (Lipinski definition) is 6.